The second-order valence-corrected chi connectivity index (χ2v) is 4.86. The van der Waals surface area contributed by atoms with Crippen LogP contribution >= 0.6 is 0 Å². The third kappa shape index (κ3) is 3.66. The number of piperidine rings is 1. The minimum atomic E-state index is -2.91. The third-order valence-electron chi connectivity index (χ3n) is 3.37. The van der Waals surface area contributed by atoms with Crippen LogP contribution in [0.2, 0.25) is 0 Å². The van der Waals surface area contributed by atoms with Gasteiger partial charge in [-0.25, -0.2) is 0 Å². The van der Waals surface area contributed by atoms with Crippen LogP contribution in [-0.4, -0.2) is 25.6 Å². The van der Waals surface area contributed by atoms with Gasteiger partial charge in [-0.1, -0.05) is 12.1 Å². The molecule has 0 bridgehead atoms. The van der Waals surface area contributed by atoms with Crippen LogP contribution in [0.15, 0.2) is 18.2 Å². The number of anilines is 1. The monoisotopic (exact) mass is 284 g/mol. The highest BCUT2D eigenvalue weighted by Crippen LogP contribution is 2.30. The Bertz CT molecular complexity index is 474. The van der Waals surface area contributed by atoms with E-state index in [0.717, 1.165) is 19.4 Å². The van der Waals surface area contributed by atoms with E-state index in [1.807, 2.05) is 0 Å². The van der Waals surface area contributed by atoms with Crippen molar-refractivity contribution in [1.82, 2.24) is 5.32 Å². The number of para-hydroxylation sites is 1. The number of alkyl halides is 2. The van der Waals surface area contributed by atoms with Crippen molar-refractivity contribution in [2.75, 3.05) is 18.4 Å². The molecule has 1 saturated heterocycles. The molecule has 4 nitrogen and oxygen atoms in total. The molecule has 0 saturated carbocycles. The molecule has 1 aromatic carbocycles. The molecule has 1 aromatic rings. The van der Waals surface area contributed by atoms with Crippen LogP contribution in [0.25, 0.3) is 0 Å². The molecule has 110 valence electrons. The second-order valence-electron chi connectivity index (χ2n) is 4.86. The van der Waals surface area contributed by atoms with Gasteiger partial charge >= 0.3 is 6.61 Å². The molecule has 0 aromatic heterocycles. The maximum absolute atomic E-state index is 12.4. The first-order valence-electron chi connectivity index (χ1n) is 6.64. The molecule has 1 aliphatic heterocycles. The summed E-state index contributed by atoms with van der Waals surface area (Å²) < 4.78 is 29.2. The van der Waals surface area contributed by atoms with Gasteiger partial charge in [-0.15, -0.1) is 0 Å². The zero-order chi connectivity index (χ0) is 14.5. The molecular weight excluding hydrogens is 266 g/mol. The number of amides is 1. The average molecular weight is 284 g/mol. The van der Waals surface area contributed by atoms with E-state index in [9.17, 15) is 13.6 Å². The quantitative estimate of drug-likeness (QED) is 0.893. The summed E-state index contributed by atoms with van der Waals surface area (Å²) in [6.45, 7) is 0.354. The van der Waals surface area contributed by atoms with Crippen LogP contribution in [0.5, 0.6) is 5.75 Å². The number of hydrogen-bond acceptors (Lipinski definition) is 3. The highest BCUT2D eigenvalue weighted by molar-refractivity contribution is 5.95. The van der Waals surface area contributed by atoms with E-state index in [1.54, 1.807) is 19.1 Å². The number of halogens is 2. The van der Waals surface area contributed by atoms with Crippen molar-refractivity contribution in [1.29, 1.82) is 0 Å². The Hall–Kier alpha value is -1.69. The smallest absolute Gasteiger partial charge is 0.387 e. The minimum Gasteiger partial charge on any atom is -0.433 e. The number of benzene rings is 1. The van der Waals surface area contributed by atoms with Crippen molar-refractivity contribution in [3.05, 3.63) is 23.8 Å². The Labute approximate surface area is 116 Å². The molecular formula is C14H18F2N2O2. The van der Waals surface area contributed by atoms with Crippen LogP contribution in [-0.2, 0) is 4.79 Å². The van der Waals surface area contributed by atoms with Gasteiger partial charge < -0.3 is 15.4 Å². The lowest BCUT2D eigenvalue weighted by molar-refractivity contribution is -0.120. The second kappa shape index (κ2) is 6.65. The molecule has 1 unspecified atom stereocenters. The molecule has 1 fully saturated rings. The van der Waals surface area contributed by atoms with Gasteiger partial charge in [0.05, 0.1) is 11.6 Å². The van der Waals surface area contributed by atoms with Gasteiger partial charge in [-0.05, 0) is 37.9 Å². The molecule has 0 radical (unpaired) electrons. The topological polar surface area (TPSA) is 50.4 Å². The Kier molecular flexibility index (Phi) is 4.89. The Morgan fingerprint density at radius 3 is 2.95 bits per heavy atom. The van der Waals surface area contributed by atoms with Crippen molar-refractivity contribution >= 4 is 11.6 Å². The zero-order valence-electron chi connectivity index (χ0n) is 11.3. The van der Waals surface area contributed by atoms with Gasteiger partial charge in [0.2, 0.25) is 5.91 Å². The van der Waals surface area contributed by atoms with E-state index < -0.39 is 6.61 Å². The van der Waals surface area contributed by atoms with Crippen molar-refractivity contribution in [3.8, 4) is 5.75 Å². The van der Waals surface area contributed by atoms with Gasteiger partial charge in [-0.2, -0.15) is 8.78 Å². The number of nitrogens with one attached hydrogen (secondary N) is 2. The van der Waals surface area contributed by atoms with Crippen molar-refractivity contribution in [2.45, 2.75) is 26.4 Å². The number of carbonyl (C=O) groups excluding carboxylic acids is 1. The lowest BCUT2D eigenvalue weighted by Crippen LogP contribution is -2.37. The predicted octanol–water partition coefficient (Wildman–Crippen LogP) is 2.53. The fraction of sp³-hybridized carbons (Fsp3) is 0.500. The summed E-state index contributed by atoms with van der Waals surface area (Å²) in [7, 11) is 0. The number of hydrogen-bond donors (Lipinski definition) is 2. The molecule has 1 aliphatic rings. The van der Waals surface area contributed by atoms with Gasteiger partial charge in [-0.3, -0.25) is 4.79 Å². The summed E-state index contributed by atoms with van der Waals surface area (Å²) in [5.74, 6) is -0.300. The Morgan fingerprint density at radius 2 is 2.30 bits per heavy atom. The van der Waals surface area contributed by atoms with E-state index >= 15 is 0 Å². The van der Waals surface area contributed by atoms with Gasteiger partial charge in [0.15, 0.2) is 0 Å². The normalized spacial score (nSPS) is 18.9. The van der Waals surface area contributed by atoms with Gasteiger partial charge in [0.1, 0.15) is 5.75 Å². The average Bonchev–Trinajstić information content (AvgIpc) is 2.43. The van der Waals surface area contributed by atoms with Crippen LogP contribution in [0.1, 0.15) is 18.4 Å². The lowest BCUT2D eigenvalue weighted by atomic mass is 9.98. The molecule has 2 rings (SSSR count). The Balaban J connectivity index is 2.12. The molecule has 1 atom stereocenters. The van der Waals surface area contributed by atoms with E-state index in [-0.39, 0.29) is 17.6 Å². The van der Waals surface area contributed by atoms with E-state index in [1.165, 1.54) is 6.07 Å². The number of carbonyl (C=O) groups is 1. The largest absolute Gasteiger partial charge is 0.433 e. The van der Waals surface area contributed by atoms with Crippen molar-refractivity contribution in [2.24, 2.45) is 5.92 Å². The standard InChI is InChI=1S/C14H18F2N2O2/c1-9-4-2-6-11(20-14(15)16)12(9)18-13(19)10-5-3-7-17-8-10/h2,4,6,10,14,17H,3,5,7-8H2,1H3,(H,18,19). The first kappa shape index (κ1) is 14.7. The van der Waals surface area contributed by atoms with Gasteiger partial charge in [0.25, 0.3) is 0 Å². The van der Waals surface area contributed by atoms with Crippen LogP contribution in [0.3, 0.4) is 0 Å². The molecule has 20 heavy (non-hydrogen) atoms. The maximum atomic E-state index is 12.4. The summed E-state index contributed by atoms with van der Waals surface area (Å²) in [6.07, 6.45) is 1.74. The van der Waals surface area contributed by atoms with Crippen molar-refractivity contribution in [3.63, 3.8) is 0 Å². The number of rotatable bonds is 4. The van der Waals surface area contributed by atoms with E-state index in [4.69, 9.17) is 0 Å². The molecule has 1 amide bonds. The molecule has 0 aliphatic carbocycles. The highest BCUT2D eigenvalue weighted by atomic mass is 19.3. The summed E-state index contributed by atoms with van der Waals surface area (Å²) in [5, 5.41) is 5.87. The number of ether oxygens (including phenoxy) is 1. The zero-order valence-corrected chi connectivity index (χ0v) is 11.3. The van der Waals surface area contributed by atoms with Crippen LogP contribution in [0, 0.1) is 12.8 Å². The fourth-order valence-corrected chi connectivity index (χ4v) is 2.30. The first-order chi connectivity index (χ1) is 9.58. The molecule has 1 heterocycles. The lowest BCUT2D eigenvalue weighted by Gasteiger charge is -2.23. The predicted molar refractivity (Wildman–Crippen MR) is 72.0 cm³/mol. The van der Waals surface area contributed by atoms with Gasteiger partial charge in [0, 0.05) is 6.54 Å². The first-order valence-corrected chi connectivity index (χ1v) is 6.64. The van der Waals surface area contributed by atoms with Crippen LogP contribution in [0.4, 0.5) is 14.5 Å². The minimum absolute atomic E-state index is 0.00267. The highest BCUT2D eigenvalue weighted by Gasteiger charge is 2.23. The van der Waals surface area contributed by atoms with E-state index in [0.29, 0.717) is 17.8 Å². The summed E-state index contributed by atoms with van der Waals surface area (Å²) in [6, 6.07) is 4.78. The maximum Gasteiger partial charge on any atom is 0.387 e. The van der Waals surface area contributed by atoms with Crippen LogP contribution < -0.4 is 15.4 Å². The SMILES string of the molecule is Cc1cccc(OC(F)F)c1NC(=O)C1CCCNC1. The molecule has 0 spiro atoms. The van der Waals surface area contributed by atoms with E-state index in [2.05, 4.69) is 15.4 Å². The van der Waals surface area contributed by atoms with Crippen molar-refractivity contribution < 1.29 is 18.3 Å². The summed E-state index contributed by atoms with van der Waals surface area (Å²) in [4.78, 5) is 12.2. The molecule has 6 heteroatoms. The third-order valence-corrected chi connectivity index (χ3v) is 3.37. The Morgan fingerprint density at radius 1 is 1.50 bits per heavy atom. The fourth-order valence-electron chi connectivity index (χ4n) is 2.30. The number of aryl methyl sites for hydroxylation is 1. The summed E-state index contributed by atoms with van der Waals surface area (Å²) >= 11 is 0. The summed E-state index contributed by atoms with van der Waals surface area (Å²) in [5.41, 5.74) is 1.02. The molecule has 2 N–H and O–H groups in total.